The molecule has 3 heteroatoms. The van der Waals surface area contributed by atoms with Crippen molar-refractivity contribution >= 4 is 11.6 Å². The number of nitrogens with one attached hydrogen (secondary N) is 1. The monoisotopic (exact) mass is 163 g/mol. The quantitative estimate of drug-likeness (QED) is 0.599. The molecule has 1 aliphatic rings. The molecule has 0 bridgehead atoms. The third-order valence-corrected chi connectivity index (χ3v) is 2.10. The van der Waals surface area contributed by atoms with Crippen molar-refractivity contribution in [3.63, 3.8) is 0 Å². The van der Waals surface area contributed by atoms with Crippen LogP contribution < -0.4 is 5.32 Å². The van der Waals surface area contributed by atoms with E-state index in [1.807, 2.05) is 19.1 Å². The molecule has 0 aliphatic carbocycles. The molecule has 0 spiro atoms. The molecule has 2 N–H and O–H groups in total. The van der Waals surface area contributed by atoms with Crippen LogP contribution in [0.5, 0.6) is 0 Å². The summed E-state index contributed by atoms with van der Waals surface area (Å²) in [6, 6.07) is 5.52. The molecule has 1 aliphatic heterocycles. The highest BCUT2D eigenvalue weighted by Crippen LogP contribution is 2.32. The van der Waals surface area contributed by atoms with Gasteiger partial charge < -0.3 is 10.4 Å². The summed E-state index contributed by atoms with van der Waals surface area (Å²) in [5.74, 6) is -0.334. The van der Waals surface area contributed by atoms with E-state index in [2.05, 4.69) is 5.32 Å². The molecule has 62 valence electrons. The number of aliphatic hydroxyl groups excluding tert-OH is 1. The summed E-state index contributed by atoms with van der Waals surface area (Å²) in [4.78, 5) is 11.0. The Hall–Kier alpha value is -1.35. The lowest BCUT2D eigenvalue weighted by atomic mass is 10.0. The van der Waals surface area contributed by atoms with Gasteiger partial charge in [-0.25, -0.2) is 0 Å². The average Bonchev–Trinajstić information content (AvgIpc) is 2.29. The zero-order chi connectivity index (χ0) is 8.72. The van der Waals surface area contributed by atoms with Crippen LogP contribution in [0.15, 0.2) is 18.2 Å². The van der Waals surface area contributed by atoms with E-state index in [-0.39, 0.29) is 5.91 Å². The fourth-order valence-corrected chi connectivity index (χ4v) is 1.48. The molecule has 0 saturated carbocycles. The number of amides is 1. The van der Waals surface area contributed by atoms with Crippen molar-refractivity contribution in [2.24, 2.45) is 0 Å². The lowest BCUT2D eigenvalue weighted by Crippen LogP contribution is -2.10. The molecular formula is C9H9NO2. The molecule has 0 fully saturated rings. The number of hydrogen-bond donors (Lipinski definition) is 2. The van der Waals surface area contributed by atoms with Crippen molar-refractivity contribution in [1.82, 2.24) is 0 Å². The Labute approximate surface area is 70.0 Å². The van der Waals surface area contributed by atoms with Gasteiger partial charge in [-0.1, -0.05) is 12.1 Å². The summed E-state index contributed by atoms with van der Waals surface area (Å²) in [5.41, 5.74) is 2.38. The van der Waals surface area contributed by atoms with Crippen molar-refractivity contribution in [3.8, 4) is 0 Å². The van der Waals surface area contributed by atoms with E-state index in [0.29, 0.717) is 5.56 Å². The third-order valence-electron chi connectivity index (χ3n) is 2.10. The minimum Gasteiger partial charge on any atom is -0.378 e. The molecular weight excluding hydrogens is 154 g/mol. The van der Waals surface area contributed by atoms with Gasteiger partial charge in [0.2, 0.25) is 0 Å². The molecule has 0 saturated heterocycles. The Bertz CT molecular complexity index is 346. The van der Waals surface area contributed by atoms with Crippen molar-refractivity contribution in [2.75, 3.05) is 5.32 Å². The second kappa shape index (κ2) is 2.32. The number of carbonyl (C=O) groups is 1. The molecule has 0 radical (unpaired) electrons. The van der Waals surface area contributed by atoms with Crippen molar-refractivity contribution < 1.29 is 9.90 Å². The second-order valence-electron chi connectivity index (χ2n) is 2.93. The summed E-state index contributed by atoms with van der Waals surface area (Å²) < 4.78 is 0. The lowest BCUT2D eigenvalue weighted by Gasteiger charge is -2.03. The Morgan fingerprint density at radius 3 is 2.92 bits per heavy atom. The van der Waals surface area contributed by atoms with Crippen LogP contribution in [-0.2, 0) is 4.79 Å². The maximum atomic E-state index is 11.0. The zero-order valence-corrected chi connectivity index (χ0v) is 6.66. The summed E-state index contributed by atoms with van der Waals surface area (Å²) >= 11 is 0. The highest BCUT2D eigenvalue weighted by atomic mass is 16.3. The molecule has 0 unspecified atom stereocenters. The van der Waals surface area contributed by atoms with Gasteiger partial charge in [-0.2, -0.15) is 0 Å². The zero-order valence-electron chi connectivity index (χ0n) is 6.66. The first-order chi connectivity index (χ1) is 5.70. The normalized spacial score (nSPS) is 20.5. The van der Waals surface area contributed by atoms with E-state index in [0.717, 1.165) is 11.3 Å². The minimum atomic E-state index is -0.985. The summed E-state index contributed by atoms with van der Waals surface area (Å²) in [6.45, 7) is 1.88. The maximum absolute atomic E-state index is 11.0. The van der Waals surface area contributed by atoms with Crippen LogP contribution in [0, 0.1) is 6.92 Å². The van der Waals surface area contributed by atoms with Gasteiger partial charge in [-0.05, 0) is 18.6 Å². The fourth-order valence-electron chi connectivity index (χ4n) is 1.48. The van der Waals surface area contributed by atoms with Gasteiger partial charge in [0.25, 0.3) is 5.91 Å². The number of aryl methyl sites for hydroxylation is 1. The van der Waals surface area contributed by atoms with Crippen LogP contribution in [0.4, 0.5) is 5.69 Å². The van der Waals surface area contributed by atoms with Gasteiger partial charge >= 0.3 is 0 Å². The van der Waals surface area contributed by atoms with Gasteiger partial charge in [0.05, 0.1) is 0 Å². The van der Waals surface area contributed by atoms with Crippen LogP contribution in [0.3, 0.4) is 0 Å². The minimum absolute atomic E-state index is 0.334. The second-order valence-corrected chi connectivity index (χ2v) is 2.93. The topological polar surface area (TPSA) is 49.3 Å². The maximum Gasteiger partial charge on any atom is 0.257 e. The SMILES string of the molecule is Cc1cccc2c1[C@H](O)C(=O)N2. The number of aliphatic hydroxyl groups is 1. The van der Waals surface area contributed by atoms with Crippen molar-refractivity contribution in [1.29, 1.82) is 0 Å². The first-order valence-corrected chi connectivity index (χ1v) is 3.78. The number of fused-ring (bicyclic) bond motifs is 1. The Morgan fingerprint density at radius 2 is 2.25 bits per heavy atom. The number of anilines is 1. The summed E-state index contributed by atoms with van der Waals surface area (Å²) in [7, 11) is 0. The van der Waals surface area contributed by atoms with E-state index >= 15 is 0 Å². The van der Waals surface area contributed by atoms with E-state index < -0.39 is 6.10 Å². The standard InChI is InChI=1S/C9H9NO2/c1-5-3-2-4-6-7(5)8(11)9(12)10-6/h2-4,8,11H,1H3,(H,10,12)/t8-/m0/s1. The molecule has 12 heavy (non-hydrogen) atoms. The molecule has 1 amide bonds. The Kier molecular flexibility index (Phi) is 1.41. The first-order valence-electron chi connectivity index (χ1n) is 3.78. The lowest BCUT2D eigenvalue weighted by molar-refractivity contribution is -0.123. The molecule has 1 atom stereocenters. The van der Waals surface area contributed by atoms with Crippen LogP contribution in [0.2, 0.25) is 0 Å². The summed E-state index contributed by atoms with van der Waals surface area (Å²) in [6.07, 6.45) is -0.985. The predicted octanol–water partition coefficient (Wildman–Crippen LogP) is 0.981. The Morgan fingerprint density at radius 1 is 1.50 bits per heavy atom. The van der Waals surface area contributed by atoms with E-state index in [1.54, 1.807) is 6.07 Å². The van der Waals surface area contributed by atoms with Crippen LogP contribution in [0.25, 0.3) is 0 Å². The smallest absolute Gasteiger partial charge is 0.257 e. The summed E-state index contributed by atoms with van der Waals surface area (Å²) in [5, 5.41) is 12.0. The van der Waals surface area contributed by atoms with Crippen molar-refractivity contribution in [2.45, 2.75) is 13.0 Å². The number of rotatable bonds is 0. The molecule has 3 nitrogen and oxygen atoms in total. The van der Waals surface area contributed by atoms with E-state index in [4.69, 9.17) is 0 Å². The Balaban J connectivity index is 2.62. The van der Waals surface area contributed by atoms with Gasteiger partial charge in [0.15, 0.2) is 6.10 Å². The molecule has 2 rings (SSSR count). The van der Waals surface area contributed by atoms with Crippen LogP contribution in [-0.4, -0.2) is 11.0 Å². The average molecular weight is 163 g/mol. The number of benzene rings is 1. The first kappa shape index (κ1) is 7.31. The fraction of sp³-hybridized carbons (Fsp3) is 0.222. The van der Waals surface area contributed by atoms with E-state index in [9.17, 15) is 9.90 Å². The number of hydrogen-bond acceptors (Lipinski definition) is 2. The molecule has 1 aromatic rings. The van der Waals surface area contributed by atoms with Crippen LogP contribution in [0.1, 0.15) is 17.2 Å². The van der Waals surface area contributed by atoms with E-state index in [1.165, 1.54) is 0 Å². The van der Waals surface area contributed by atoms with Crippen LogP contribution >= 0.6 is 0 Å². The molecule has 1 aromatic carbocycles. The largest absolute Gasteiger partial charge is 0.378 e. The molecule has 0 aromatic heterocycles. The predicted molar refractivity (Wildman–Crippen MR) is 44.8 cm³/mol. The van der Waals surface area contributed by atoms with Gasteiger partial charge in [-0.15, -0.1) is 0 Å². The third kappa shape index (κ3) is 0.833. The van der Waals surface area contributed by atoms with Crippen molar-refractivity contribution in [3.05, 3.63) is 29.3 Å². The molecule has 1 heterocycles. The van der Waals surface area contributed by atoms with Gasteiger partial charge in [0.1, 0.15) is 0 Å². The highest BCUT2D eigenvalue weighted by molar-refractivity contribution is 6.02. The van der Waals surface area contributed by atoms with Gasteiger partial charge in [0, 0.05) is 11.3 Å². The van der Waals surface area contributed by atoms with Gasteiger partial charge in [-0.3, -0.25) is 4.79 Å². The highest BCUT2D eigenvalue weighted by Gasteiger charge is 2.29. The number of carbonyl (C=O) groups excluding carboxylic acids is 1.